The molecule has 1 aromatic rings. The number of hydrogen-bond donors (Lipinski definition) is 2. The van der Waals surface area contributed by atoms with Crippen LogP contribution in [-0.4, -0.2) is 12.5 Å². The highest BCUT2D eigenvalue weighted by molar-refractivity contribution is 5.72. The fraction of sp³-hybridized carbons (Fsp3) is 0.364. The van der Waals surface area contributed by atoms with E-state index in [4.69, 9.17) is 15.9 Å². The van der Waals surface area contributed by atoms with Crippen molar-refractivity contribution in [3.63, 3.8) is 0 Å². The molecule has 3 heteroatoms. The van der Waals surface area contributed by atoms with Crippen LogP contribution in [0.4, 0.5) is 5.69 Å². The third kappa shape index (κ3) is 3.47. The largest absolute Gasteiger partial charge is 0.481 e. The van der Waals surface area contributed by atoms with E-state index in [0.29, 0.717) is 18.9 Å². The molecule has 0 saturated carbocycles. The molecule has 3 nitrogen and oxygen atoms in total. The lowest BCUT2D eigenvalue weighted by Crippen LogP contribution is -2.04. The maximum absolute atomic E-state index is 7.43. The number of anilines is 1. The summed E-state index contributed by atoms with van der Waals surface area (Å²) in [4.78, 5) is 0. The van der Waals surface area contributed by atoms with E-state index in [1.165, 1.54) is 5.56 Å². The van der Waals surface area contributed by atoms with Crippen LogP contribution in [0, 0.1) is 5.41 Å². The minimum absolute atomic E-state index is 0.351. The summed E-state index contributed by atoms with van der Waals surface area (Å²) >= 11 is 0. The van der Waals surface area contributed by atoms with Crippen LogP contribution in [0.3, 0.4) is 0 Å². The fourth-order valence-corrected chi connectivity index (χ4v) is 1.19. The molecular formula is C11H16N2O. The fourth-order valence-electron chi connectivity index (χ4n) is 1.19. The van der Waals surface area contributed by atoms with Gasteiger partial charge in [-0.15, -0.1) is 0 Å². The number of benzene rings is 1. The van der Waals surface area contributed by atoms with Crippen LogP contribution in [0.1, 0.15) is 18.9 Å². The second-order valence-electron chi connectivity index (χ2n) is 3.10. The summed E-state index contributed by atoms with van der Waals surface area (Å²) < 4.78 is 5.05. The smallest absolute Gasteiger partial charge is 0.180 e. The third-order valence-corrected chi connectivity index (χ3v) is 1.94. The number of nitrogens with two attached hydrogens (primary N) is 1. The van der Waals surface area contributed by atoms with Crippen LogP contribution in [0.25, 0.3) is 0 Å². The molecule has 1 rings (SSSR count). The SMILES string of the molecule is CCOC(=N)CCc1ccc(N)cc1. The summed E-state index contributed by atoms with van der Waals surface area (Å²) in [5.41, 5.74) is 7.52. The van der Waals surface area contributed by atoms with Gasteiger partial charge in [-0.1, -0.05) is 12.1 Å². The van der Waals surface area contributed by atoms with Crippen LogP contribution < -0.4 is 5.73 Å². The molecule has 0 amide bonds. The van der Waals surface area contributed by atoms with Crippen molar-refractivity contribution < 1.29 is 4.74 Å². The van der Waals surface area contributed by atoms with Crippen LogP contribution >= 0.6 is 0 Å². The highest BCUT2D eigenvalue weighted by Gasteiger charge is 1.98. The predicted molar refractivity (Wildman–Crippen MR) is 58.5 cm³/mol. The first-order valence-electron chi connectivity index (χ1n) is 4.77. The molecule has 0 spiro atoms. The molecule has 0 aliphatic heterocycles. The van der Waals surface area contributed by atoms with E-state index >= 15 is 0 Å². The highest BCUT2D eigenvalue weighted by Crippen LogP contribution is 2.07. The molecule has 76 valence electrons. The molecule has 0 fully saturated rings. The number of nitrogen functional groups attached to an aromatic ring is 1. The normalized spacial score (nSPS) is 9.79. The number of aryl methyl sites for hydroxylation is 1. The quantitative estimate of drug-likeness (QED) is 0.436. The number of hydrogen-bond acceptors (Lipinski definition) is 3. The zero-order chi connectivity index (χ0) is 10.4. The molecule has 3 N–H and O–H groups in total. The minimum Gasteiger partial charge on any atom is -0.481 e. The topological polar surface area (TPSA) is 59.1 Å². The third-order valence-electron chi connectivity index (χ3n) is 1.94. The standard InChI is InChI=1S/C11H16N2O/c1-2-14-11(13)8-5-9-3-6-10(12)7-4-9/h3-4,6-7,13H,2,5,8,12H2,1H3. The van der Waals surface area contributed by atoms with Crippen LogP contribution in [0.15, 0.2) is 24.3 Å². The molecule has 0 aliphatic rings. The summed E-state index contributed by atoms with van der Waals surface area (Å²) in [6.07, 6.45) is 1.48. The van der Waals surface area contributed by atoms with Gasteiger partial charge in [0.05, 0.1) is 6.61 Å². The van der Waals surface area contributed by atoms with Crippen molar-refractivity contribution in [3.05, 3.63) is 29.8 Å². The van der Waals surface area contributed by atoms with Gasteiger partial charge in [-0.25, -0.2) is 0 Å². The van der Waals surface area contributed by atoms with Gasteiger partial charge in [-0.2, -0.15) is 0 Å². The van der Waals surface area contributed by atoms with Crippen molar-refractivity contribution in [2.75, 3.05) is 12.3 Å². The molecule has 0 aliphatic carbocycles. The number of ether oxygens (including phenoxy) is 1. The van der Waals surface area contributed by atoms with E-state index in [0.717, 1.165) is 12.1 Å². The summed E-state index contributed by atoms with van der Waals surface area (Å²) in [6, 6.07) is 7.71. The molecule has 0 atom stereocenters. The van der Waals surface area contributed by atoms with Crippen molar-refractivity contribution in [2.45, 2.75) is 19.8 Å². The van der Waals surface area contributed by atoms with Crippen molar-refractivity contribution in [2.24, 2.45) is 0 Å². The van der Waals surface area contributed by atoms with E-state index in [1.54, 1.807) is 0 Å². The van der Waals surface area contributed by atoms with E-state index in [9.17, 15) is 0 Å². The van der Waals surface area contributed by atoms with Gasteiger partial charge in [0.15, 0.2) is 5.90 Å². The molecule has 14 heavy (non-hydrogen) atoms. The lowest BCUT2D eigenvalue weighted by Gasteiger charge is -2.04. The molecule has 0 saturated heterocycles. The Kier molecular flexibility index (Phi) is 3.98. The van der Waals surface area contributed by atoms with Crippen molar-refractivity contribution in [3.8, 4) is 0 Å². The van der Waals surface area contributed by atoms with Gasteiger partial charge in [0.1, 0.15) is 0 Å². The molecule has 0 radical (unpaired) electrons. The Labute approximate surface area is 84.4 Å². The minimum atomic E-state index is 0.351. The maximum atomic E-state index is 7.43. The van der Waals surface area contributed by atoms with Gasteiger partial charge < -0.3 is 10.5 Å². The van der Waals surface area contributed by atoms with Gasteiger partial charge in [0.25, 0.3) is 0 Å². The highest BCUT2D eigenvalue weighted by atomic mass is 16.5. The predicted octanol–water partition coefficient (Wildman–Crippen LogP) is 2.22. The van der Waals surface area contributed by atoms with E-state index in [2.05, 4.69) is 0 Å². The maximum Gasteiger partial charge on any atom is 0.180 e. The van der Waals surface area contributed by atoms with E-state index in [-0.39, 0.29) is 0 Å². The monoisotopic (exact) mass is 192 g/mol. The average Bonchev–Trinajstić information content (AvgIpc) is 2.17. The second-order valence-corrected chi connectivity index (χ2v) is 3.10. The Morgan fingerprint density at radius 3 is 2.57 bits per heavy atom. The first kappa shape index (κ1) is 10.6. The molecule has 0 bridgehead atoms. The second kappa shape index (κ2) is 5.27. The van der Waals surface area contributed by atoms with Gasteiger partial charge >= 0.3 is 0 Å². The summed E-state index contributed by atoms with van der Waals surface area (Å²) in [7, 11) is 0. The van der Waals surface area contributed by atoms with Gasteiger partial charge in [-0.3, -0.25) is 5.41 Å². The Morgan fingerprint density at radius 1 is 1.36 bits per heavy atom. The van der Waals surface area contributed by atoms with Crippen molar-refractivity contribution in [1.29, 1.82) is 5.41 Å². The Balaban J connectivity index is 2.38. The Morgan fingerprint density at radius 2 is 2.00 bits per heavy atom. The molecule has 0 heterocycles. The Hall–Kier alpha value is -1.51. The summed E-state index contributed by atoms with van der Waals surface area (Å²) in [5, 5.41) is 7.43. The first-order chi connectivity index (χ1) is 6.72. The van der Waals surface area contributed by atoms with E-state index in [1.807, 2.05) is 31.2 Å². The van der Waals surface area contributed by atoms with Crippen LogP contribution in [-0.2, 0) is 11.2 Å². The summed E-state index contributed by atoms with van der Waals surface area (Å²) in [5.74, 6) is 0.351. The first-order valence-corrected chi connectivity index (χ1v) is 4.77. The lowest BCUT2D eigenvalue weighted by atomic mass is 10.1. The van der Waals surface area contributed by atoms with Crippen molar-refractivity contribution in [1.82, 2.24) is 0 Å². The lowest BCUT2D eigenvalue weighted by molar-refractivity contribution is 0.314. The molecular weight excluding hydrogens is 176 g/mol. The number of nitrogens with one attached hydrogen (secondary N) is 1. The molecule has 1 aromatic carbocycles. The van der Waals surface area contributed by atoms with Crippen LogP contribution in [0.5, 0.6) is 0 Å². The Bertz CT molecular complexity index is 293. The zero-order valence-electron chi connectivity index (χ0n) is 8.42. The zero-order valence-corrected chi connectivity index (χ0v) is 8.42. The van der Waals surface area contributed by atoms with Gasteiger partial charge in [0.2, 0.25) is 0 Å². The van der Waals surface area contributed by atoms with Gasteiger partial charge in [-0.05, 0) is 31.0 Å². The van der Waals surface area contributed by atoms with E-state index < -0.39 is 0 Å². The van der Waals surface area contributed by atoms with Crippen molar-refractivity contribution >= 4 is 11.6 Å². The van der Waals surface area contributed by atoms with Gasteiger partial charge in [0, 0.05) is 12.1 Å². The molecule has 0 aromatic heterocycles. The summed E-state index contributed by atoms with van der Waals surface area (Å²) in [6.45, 7) is 2.46. The average molecular weight is 192 g/mol. The number of rotatable bonds is 4. The van der Waals surface area contributed by atoms with Crippen LogP contribution in [0.2, 0.25) is 0 Å². The molecule has 0 unspecified atom stereocenters.